The minimum absolute atomic E-state index is 0.00391. The monoisotopic (exact) mass is 261 g/mol. The normalized spacial score (nSPS) is 13.3. The van der Waals surface area contributed by atoms with Gasteiger partial charge in [-0.1, -0.05) is 51.1 Å². The first-order valence-corrected chi connectivity index (χ1v) is 7.18. The predicted octanol–water partition coefficient (Wildman–Crippen LogP) is 3.73. The summed E-state index contributed by atoms with van der Waals surface area (Å²) in [6.45, 7) is 6.48. The van der Waals surface area contributed by atoms with E-state index >= 15 is 0 Å². The van der Waals surface area contributed by atoms with Crippen molar-refractivity contribution in [3.63, 3.8) is 0 Å². The molecular weight excluding hydrogens is 234 g/mol. The van der Waals surface area contributed by atoms with Crippen molar-refractivity contribution in [2.45, 2.75) is 58.9 Å². The Labute approximate surface area is 117 Å². The zero-order valence-electron chi connectivity index (χ0n) is 12.5. The second-order valence-corrected chi connectivity index (χ2v) is 6.61. The van der Waals surface area contributed by atoms with Crippen molar-refractivity contribution in [3.8, 4) is 0 Å². The molecule has 1 unspecified atom stereocenters. The first-order valence-electron chi connectivity index (χ1n) is 7.18. The number of aryl methyl sites for hydroxylation is 1. The molecule has 0 aliphatic heterocycles. The standard InChI is InChI=1S/C17H27NO/c1-17(2,3)13-15(18)12-16(19)11-7-10-14-8-5-4-6-9-14/h4-6,8-9,15H,7,10-13,18H2,1-3H3. The summed E-state index contributed by atoms with van der Waals surface area (Å²) in [4.78, 5) is 11.8. The maximum Gasteiger partial charge on any atom is 0.134 e. The Hall–Kier alpha value is -1.15. The van der Waals surface area contributed by atoms with Crippen LogP contribution in [0.25, 0.3) is 0 Å². The molecule has 0 radical (unpaired) electrons. The van der Waals surface area contributed by atoms with Crippen LogP contribution in [0.4, 0.5) is 0 Å². The van der Waals surface area contributed by atoms with Crippen molar-refractivity contribution >= 4 is 5.78 Å². The molecule has 1 aromatic rings. The lowest BCUT2D eigenvalue weighted by atomic mass is 9.86. The van der Waals surface area contributed by atoms with Crippen LogP contribution in [0.15, 0.2) is 30.3 Å². The molecule has 1 rings (SSSR count). The summed E-state index contributed by atoms with van der Waals surface area (Å²) < 4.78 is 0. The maximum absolute atomic E-state index is 11.8. The van der Waals surface area contributed by atoms with Crippen LogP contribution < -0.4 is 5.73 Å². The van der Waals surface area contributed by atoms with Gasteiger partial charge in [-0.25, -0.2) is 0 Å². The molecule has 1 aromatic carbocycles. The molecule has 0 aliphatic carbocycles. The van der Waals surface area contributed by atoms with E-state index in [2.05, 4.69) is 32.9 Å². The lowest BCUT2D eigenvalue weighted by Gasteiger charge is -2.22. The van der Waals surface area contributed by atoms with Gasteiger partial charge < -0.3 is 5.73 Å². The number of benzene rings is 1. The van der Waals surface area contributed by atoms with Crippen molar-refractivity contribution in [1.29, 1.82) is 0 Å². The summed E-state index contributed by atoms with van der Waals surface area (Å²) in [5.74, 6) is 0.299. The zero-order chi connectivity index (χ0) is 14.3. The molecule has 0 heterocycles. The van der Waals surface area contributed by atoms with E-state index in [0.29, 0.717) is 18.6 Å². The third kappa shape index (κ3) is 7.78. The van der Waals surface area contributed by atoms with Gasteiger partial charge >= 0.3 is 0 Å². The van der Waals surface area contributed by atoms with E-state index in [-0.39, 0.29) is 11.5 Å². The van der Waals surface area contributed by atoms with Crippen LogP contribution in [0.3, 0.4) is 0 Å². The lowest BCUT2D eigenvalue weighted by molar-refractivity contribution is -0.119. The van der Waals surface area contributed by atoms with E-state index in [1.165, 1.54) is 5.56 Å². The van der Waals surface area contributed by atoms with Crippen molar-refractivity contribution in [3.05, 3.63) is 35.9 Å². The van der Waals surface area contributed by atoms with Crippen LogP contribution in [0.1, 0.15) is 52.0 Å². The van der Waals surface area contributed by atoms with Gasteiger partial charge in [0, 0.05) is 18.9 Å². The summed E-state index contributed by atoms with van der Waals surface area (Å²) >= 11 is 0. The molecule has 106 valence electrons. The van der Waals surface area contributed by atoms with Crippen LogP contribution in [0.5, 0.6) is 0 Å². The fraction of sp³-hybridized carbons (Fsp3) is 0.588. The van der Waals surface area contributed by atoms with E-state index < -0.39 is 0 Å². The molecule has 0 saturated heterocycles. The third-order valence-corrected chi connectivity index (χ3v) is 3.13. The molecule has 0 bridgehead atoms. The SMILES string of the molecule is CC(C)(C)CC(N)CC(=O)CCCc1ccccc1. The van der Waals surface area contributed by atoms with E-state index in [9.17, 15) is 4.79 Å². The minimum Gasteiger partial charge on any atom is -0.327 e. The molecule has 0 saturated carbocycles. The molecule has 19 heavy (non-hydrogen) atoms. The smallest absolute Gasteiger partial charge is 0.134 e. The fourth-order valence-corrected chi connectivity index (χ4v) is 2.39. The second-order valence-electron chi connectivity index (χ2n) is 6.61. The van der Waals surface area contributed by atoms with Gasteiger partial charge in [0.1, 0.15) is 5.78 Å². The Morgan fingerprint density at radius 1 is 1.21 bits per heavy atom. The van der Waals surface area contributed by atoms with Gasteiger partial charge in [-0.3, -0.25) is 4.79 Å². The Bertz CT molecular complexity index is 378. The highest BCUT2D eigenvalue weighted by molar-refractivity contribution is 5.78. The van der Waals surface area contributed by atoms with E-state index in [1.807, 2.05) is 18.2 Å². The summed E-state index contributed by atoms with van der Waals surface area (Å²) in [6, 6.07) is 10.3. The molecule has 0 aromatic heterocycles. The minimum atomic E-state index is 0.00391. The molecule has 2 nitrogen and oxygen atoms in total. The summed E-state index contributed by atoms with van der Waals surface area (Å²) in [6.07, 6.45) is 3.96. The van der Waals surface area contributed by atoms with Crippen LogP contribution in [0.2, 0.25) is 0 Å². The van der Waals surface area contributed by atoms with Gasteiger partial charge in [-0.15, -0.1) is 0 Å². The van der Waals surface area contributed by atoms with E-state index in [1.54, 1.807) is 0 Å². The van der Waals surface area contributed by atoms with E-state index in [4.69, 9.17) is 5.73 Å². The second kappa shape index (κ2) is 7.44. The average molecular weight is 261 g/mol. The number of hydrogen-bond donors (Lipinski definition) is 1. The summed E-state index contributed by atoms with van der Waals surface area (Å²) in [5, 5.41) is 0. The summed E-state index contributed by atoms with van der Waals surface area (Å²) in [7, 11) is 0. The third-order valence-electron chi connectivity index (χ3n) is 3.13. The number of ketones is 1. The van der Waals surface area contributed by atoms with Crippen LogP contribution in [-0.4, -0.2) is 11.8 Å². The van der Waals surface area contributed by atoms with Gasteiger partial charge in [-0.05, 0) is 30.2 Å². The largest absolute Gasteiger partial charge is 0.327 e. The molecular formula is C17H27NO. The van der Waals surface area contributed by atoms with Crippen molar-refractivity contribution in [2.24, 2.45) is 11.1 Å². The van der Waals surface area contributed by atoms with E-state index in [0.717, 1.165) is 19.3 Å². The number of nitrogens with two attached hydrogens (primary N) is 1. The zero-order valence-corrected chi connectivity index (χ0v) is 12.5. The number of rotatable bonds is 7. The van der Waals surface area contributed by atoms with Gasteiger partial charge in [0.05, 0.1) is 0 Å². The lowest BCUT2D eigenvalue weighted by Crippen LogP contribution is -2.28. The van der Waals surface area contributed by atoms with Gasteiger partial charge in [0.25, 0.3) is 0 Å². The molecule has 0 amide bonds. The Kier molecular flexibility index (Phi) is 6.23. The van der Waals surface area contributed by atoms with Crippen LogP contribution in [-0.2, 0) is 11.2 Å². The van der Waals surface area contributed by atoms with Crippen molar-refractivity contribution in [2.75, 3.05) is 0 Å². The van der Waals surface area contributed by atoms with Crippen molar-refractivity contribution < 1.29 is 4.79 Å². The molecule has 2 heteroatoms. The molecule has 0 fully saturated rings. The van der Waals surface area contributed by atoms with Crippen molar-refractivity contribution in [1.82, 2.24) is 0 Å². The van der Waals surface area contributed by atoms with Crippen LogP contribution >= 0.6 is 0 Å². The first kappa shape index (κ1) is 15.9. The molecule has 2 N–H and O–H groups in total. The van der Waals surface area contributed by atoms with Crippen LogP contribution in [0, 0.1) is 5.41 Å². The average Bonchev–Trinajstić information content (AvgIpc) is 2.27. The quantitative estimate of drug-likeness (QED) is 0.812. The molecule has 0 spiro atoms. The first-order chi connectivity index (χ1) is 8.87. The maximum atomic E-state index is 11.8. The highest BCUT2D eigenvalue weighted by Crippen LogP contribution is 2.21. The topological polar surface area (TPSA) is 43.1 Å². The predicted molar refractivity (Wildman–Crippen MR) is 81.1 cm³/mol. The Balaban J connectivity index is 2.21. The highest BCUT2D eigenvalue weighted by Gasteiger charge is 2.17. The Morgan fingerprint density at radius 3 is 2.42 bits per heavy atom. The van der Waals surface area contributed by atoms with Gasteiger partial charge in [0.2, 0.25) is 0 Å². The number of carbonyl (C=O) groups excluding carboxylic acids is 1. The molecule has 1 atom stereocenters. The number of Topliss-reactive ketones (excluding diaryl/α,β-unsaturated/α-hetero) is 1. The number of hydrogen-bond acceptors (Lipinski definition) is 2. The molecule has 0 aliphatic rings. The fourth-order valence-electron chi connectivity index (χ4n) is 2.39. The van der Waals surface area contributed by atoms with Gasteiger partial charge in [-0.2, -0.15) is 0 Å². The highest BCUT2D eigenvalue weighted by atomic mass is 16.1. The van der Waals surface area contributed by atoms with Gasteiger partial charge in [0.15, 0.2) is 0 Å². The Morgan fingerprint density at radius 2 is 1.84 bits per heavy atom. The number of carbonyl (C=O) groups is 1. The summed E-state index contributed by atoms with van der Waals surface area (Å²) in [5.41, 5.74) is 7.52.